The van der Waals surface area contributed by atoms with Crippen molar-refractivity contribution >= 4 is 39.3 Å². The van der Waals surface area contributed by atoms with Crippen LogP contribution in [0.2, 0.25) is 0 Å². The average molecular weight is 451 g/mol. The van der Waals surface area contributed by atoms with E-state index in [1.165, 1.54) is 42.5 Å². The van der Waals surface area contributed by atoms with Gasteiger partial charge in [-0.05, 0) is 66.1 Å². The average Bonchev–Trinajstić information content (AvgIpc) is 2.72. The fraction of sp³-hybridized carbons (Fsp3) is 0.0435. The number of primary sulfonamides is 1. The Morgan fingerprint density at radius 1 is 1.00 bits per heavy atom. The fourth-order valence-corrected chi connectivity index (χ4v) is 3.63. The number of sulfonamides is 1. The van der Waals surface area contributed by atoms with E-state index in [1.54, 1.807) is 12.1 Å². The van der Waals surface area contributed by atoms with Crippen LogP contribution in [0.5, 0.6) is 0 Å². The third kappa shape index (κ3) is 5.39. The van der Waals surface area contributed by atoms with Crippen LogP contribution >= 0.6 is 0 Å². The molecule has 0 aliphatic heterocycles. The highest BCUT2D eigenvalue weighted by Crippen LogP contribution is 2.31. The Bertz CT molecular complexity index is 1330. The minimum atomic E-state index is -3.85. The maximum absolute atomic E-state index is 12.3. The van der Waals surface area contributed by atoms with Gasteiger partial charge in [-0.15, -0.1) is 0 Å². The molecular weight excluding hydrogens is 428 g/mol. The molecular formula is C23H22N4O4S. The second-order valence-electron chi connectivity index (χ2n) is 7.16. The Hall–Kier alpha value is -3.95. The van der Waals surface area contributed by atoms with Gasteiger partial charge in [0.2, 0.25) is 15.9 Å². The summed E-state index contributed by atoms with van der Waals surface area (Å²) >= 11 is 0. The molecule has 0 saturated carbocycles. The number of nitrogens with two attached hydrogens (primary N) is 3. The number of carbonyl (C=O) groups excluding carboxylic acids is 2. The van der Waals surface area contributed by atoms with Crippen LogP contribution in [0.25, 0.3) is 17.2 Å². The topological polar surface area (TPSA) is 158 Å². The van der Waals surface area contributed by atoms with Crippen LogP contribution in [-0.2, 0) is 14.8 Å². The maximum Gasteiger partial charge on any atom is 0.250 e. The van der Waals surface area contributed by atoms with Gasteiger partial charge in [0, 0.05) is 17.3 Å². The summed E-state index contributed by atoms with van der Waals surface area (Å²) in [5, 5.41) is 7.89. The molecule has 0 aliphatic rings. The number of carbonyl (C=O) groups is 2. The number of aryl methyl sites for hydroxylation is 1. The zero-order valence-electron chi connectivity index (χ0n) is 17.2. The standard InChI is InChI=1S/C23H22N4O4S/c1-14-3-2-4-17(11-14)27-21(28)10-5-15-12-19(22(24)20(13-15)23(25)29)16-6-8-18(9-7-16)32(26,30)31/h2-13H,24H2,1H3,(H2,25,29)(H,27,28)(H2,26,30,31)/b10-5+. The second-order valence-corrected chi connectivity index (χ2v) is 8.72. The summed E-state index contributed by atoms with van der Waals surface area (Å²) in [7, 11) is -3.85. The van der Waals surface area contributed by atoms with Crippen molar-refractivity contribution in [1.29, 1.82) is 0 Å². The van der Waals surface area contributed by atoms with Crippen LogP contribution in [0.15, 0.2) is 71.6 Å². The second kappa shape index (κ2) is 9.04. The Morgan fingerprint density at radius 3 is 2.28 bits per heavy atom. The van der Waals surface area contributed by atoms with Gasteiger partial charge in [-0.3, -0.25) is 9.59 Å². The highest BCUT2D eigenvalue weighted by molar-refractivity contribution is 7.89. The van der Waals surface area contributed by atoms with Crippen LogP contribution in [0.3, 0.4) is 0 Å². The largest absolute Gasteiger partial charge is 0.398 e. The first-order chi connectivity index (χ1) is 15.0. The molecule has 7 N–H and O–H groups in total. The third-order valence-electron chi connectivity index (χ3n) is 4.67. The lowest BCUT2D eigenvalue weighted by Crippen LogP contribution is -2.14. The molecule has 3 aromatic carbocycles. The molecule has 164 valence electrons. The van der Waals surface area contributed by atoms with E-state index in [-0.39, 0.29) is 22.1 Å². The highest BCUT2D eigenvalue weighted by atomic mass is 32.2. The molecule has 0 spiro atoms. The van der Waals surface area contributed by atoms with Gasteiger partial charge >= 0.3 is 0 Å². The lowest BCUT2D eigenvalue weighted by molar-refractivity contribution is -0.111. The Balaban J connectivity index is 1.95. The predicted molar refractivity (Wildman–Crippen MR) is 125 cm³/mol. The first-order valence-electron chi connectivity index (χ1n) is 9.47. The van der Waals surface area contributed by atoms with Crippen molar-refractivity contribution in [3.05, 3.63) is 83.4 Å². The number of nitrogens with one attached hydrogen (secondary N) is 1. The van der Waals surface area contributed by atoms with Gasteiger partial charge in [-0.1, -0.05) is 24.3 Å². The minimum absolute atomic E-state index is 0.0567. The number of amides is 2. The van der Waals surface area contributed by atoms with Gasteiger partial charge in [0.1, 0.15) is 0 Å². The molecule has 0 radical (unpaired) electrons. The number of anilines is 2. The quantitative estimate of drug-likeness (QED) is 0.335. The lowest BCUT2D eigenvalue weighted by atomic mass is 9.96. The molecule has 0 atom stereocenters. The van der Waals surface area contributed by atoms with Crippen molar-refractivity contribution in [2.24, 2.45) is 10.9 Å². The molecule has 0 aliphatic carbocycles. The van der Waals surface area contributed by atoms with Crippen molar-refractivity contribution in [1.82, 2.24) is 0 Å². The number of benzene rings is 3. The number of hydrogen-bond donors (Lipinski definition) is 4. The van der Waals surface area contributed by atoms with Crippen LogP contribution in [0.1, 0.15) is 21.5 Å². The van der Waals surface area contributed by atoms with Gasteiger partial charge in [0.25, 0.3) is 5.91 Å². The zero-order chi connectivity index (χ0) is 23.5. The molecule has 8 nitrogen and oxygen atoms in total. The molecule has 3 aromatic rings. The zero-order valence-corrected chi connectivity index (χ0v) is 18.0. The molecule has 32 heavy (non-hydrogen) atoms. The van der Waals surface area contributed by atoms with Crippen LogP contribution < -0.4 is 21.9 Å². The van der Waals surface area contributed by atoms with Crippen molar-refractivity contribution in [2.45, 2.75) is 11.8 Å². The third-order valence-corrected chi connectivity index (χ3v) is 5.60. The maximum atomic E-state index is 12.3. The van der Waals surface area contributed by atoms with Crippen molar-refractivity contribution in [3.63, 3.8) is 0 Å². The number of hydrogen-bond acceptors (Lipinski definition) is 5. The molecule has 0 fully saturated rings. The Kier molecular flexibility index (Phi) is 6.42. The van der Waals surface area contributed by atoms with Gasteiger partial charge in [0.05, 0.1) is 16.1 Å². The van der Waals surface area contributed by atoms with E-state index >= 15 is 0 Å². The summed E-state index contributed by atoms with van der Waals surface area (Å²) in [5.41, 5.74) is 15.0. The first-order valence-corrected chi connectivity index (χ1v) is 11.0. The van der Waals surface area contributed by atoms with E-state index in [0.717, 1.165) is 5.56 Å². The van der Waals surface area contributed by atoms with E-state index in [1.807, 2.05) is 25.1 Å². The molecule has 0 aromatic heterocycles. The highest BCUT2D eigenvalue weighted by Gasteiger charge is 2.15. The van der Waals surface area contributed by atoms with Gasteiger partial charge in [-0.2, -0.15) is 0 Å². The monoisotopic (exact) mass is 450 g/mol. The molecule has 0 saturated heterocycles. The minimum Gasteiger partial charge on any atom is -0.398 e. The van der Waals surface area contributed by atoms with E-state index in [4.69, 9.17) is 16.6 Å². The number of nitrogen functional groups attached to an aromatic ring is 1. The summed E-state index contributed by atoms with van der Waals surface area (Å²) in [6.45, 7) is 1.92. The molecule has 2 amide bonds. The van der Waals surface area contributed by atoms with E-state index in [9.17, 15) is 18.0 Å². The van der Waals surface area contributed by atoms with E-state index in [2.05, 4.69) is 5.32 Å². The van der Waals surface area contributed by atoms with Gasteiger partial charge < -0.3 is 16.8 Å². The van der Waals surface area contributed by atoms with Crippen molar-refractivity contribution in [2.75, 3.05) is 11.1 Å². The Morgan fingerprint density at radius 2 is 1.69 bits per heavy atom. The number of primary amides is 1. The van der Waals surface area contributed by atoms with Crippen molar-refractivity contribution < 1.29 is 18.0 Å². The molecule has 3 rings (SSSR count). The SMILES string of the molecule is Cc1cccc(NC(=O)/C=C/c2cc(C(N)=O)c(N)c(-c3ccc(S(N)(=O)=O)cc3)c2)c1. The summed E-state index contributed by atoms with van der Waals surface area (Å²) in [4.78, 5) is 24.1. The molecule has 9 heteroatoms. The molecule has 0 heterocycles. The molecule has 0 unspecified atom stereocenters. The summed E-state index contributed by atoms with van der Waals surface area (Å²) in [6, 6.07) is 16.2. The van der Waals surface area contributed by atoms with Gasteiger partial charge in [-0.25, -0.2) is 13.6 Å². The Labute approximate surface area is 185 Å². The smallest absolute Gasteiger partial charge is 0.250 e. The summed E-state index contributed by atoms with van der Waals surface area (Å²) in [5.74, 6) is -1.09. The number of rotatable bonds is 6. The predicted octanol–water partition coefficient (Wildman–Crippen LogP) is 2.64. The van der Waals surface area contributed by atoms with Crippen molar-refractivity contribution in [3.8, 4) is 11.1 Å². The molecule has 0 bridgehead atoms. The van der Waals surface area contributed by atoms with Crippen LogP contribution in [-0.4, -0.2) is 20.2 Å². The summed E-state index contributed by atoms with van der Waals surface area (Å²) in [6.07, 6.45) is 2.85. The fourth-order valence-electron chi connectivity index (χ4n) is 3.12. The first kappa shape index (κ1) is 22.7. The van der Waals surface area contributed by atoms with Crippen LogP contribution in [0.4, 0.5) is 11.4 Å². The van der Waals surface area contributed by atoms with Gasteiger partial charge in [0.15, 0.2) is 0 Å². The normalized spacial score (nSPS) is 11.4. The van der Waals surface area contributed by atoms with E-state index in [0.29, 0.717) is 22.4 Å². The van der Waals surface area contributed by atoms with Crippen LogP contribution in [0, 0.1) is 6.92 Å². The summed E-state index contributed by atoms with van der Waals surface area (Å²) < 4.78 is 23.0. The van der Waals surface area contributed by atoms with E-state index < -0.39 is 15.9 Å². The lowest BCUT2D eigenvalue weighted by Gasteiger charge is -2.12.